The Morgan fingerprint density at radius 1 is 1.19 bits per heavy atom. The Kier molecular flexibility index (Phi) is 5.52. The molecule has 0 aliphatic heterocycles. The summed E-state index contributed by atoms with van der Waals surface area (Å²) in [5.41, 5.74) is 6.08. The molecule has 1 atom stereocenters. The van der Waals surface area contributed by atoms with E-state index in [4.69, 9.17) is 10.5 Å². The van der Waals surface area contributed by atoms with Gasteiger partial charge in [0.2, 0.25) is 5.91 Å². The van der Waals surface area contributed by atoms with Gasteiger partial charge >= 0.3 is 0 Å². The molecule has 0 aliphatic rings. The molecule has 3 rings (SSSR count). The van der Waals surface area contributed by atoms with Crippen LogP contribution in [0.2, 0.25) is 0 Å². The highest BCUT2D eigenvalue weighted by atomic mass is 32.2. The fraction of sp³-hybridized carbons (Fsp3) is 0.167. The zero-order valence-electron chi connectivity index (χ0n) is 14.0. The van der Waals surface area contributed by atoms with Gasteiger partial charge in [0.25, 0.3) is 0 Å². The van der Waals surface area contributed by atoms with Gasteiger partial charge in [-0.15, -0.1) is 10.2 Å². The van der Waals surface area contributed by atoms with Crippen LogP contribution in [0.25, 0.3) is 5.69 Å². The number of primary amides is 1. The zero-order valence-corrected chi connectivity index (χ0v) is 14.8. The van der Waals surface area contributed by atoms with Crippen LogP contribution in [0.4, 0.5) is 4.39 Å². The number of ether oxygens (including phenoxy) is 1. The largest absolute Gasteiger partial charge is 0.483 e. The van der Waals surface area contributed by atoms with E-state index in [0.29, 0.717) is 16.7 Å². The van der Waals surface area contributed by atoms with E-state index in [9.17, 15) is 9.18 Å². The fourth-order valence-corrected chi connectivity index (χ4v) is 3.06. The van der Waals surface area contributed by atoms with Crippen molar-refractivity contribution in [1.29, 1.82) is 0 Å². The van der Waals surface area contributed by atoms with Crippen LogP contribution in [0, 0.1) is 5.82 Å². The Labute approximate surface area is 154 Å². The first-order valence-electron chi connectivity index (χ1n) is 7.88. The van der Waals surface area contributed by atoms with Crippen LogP contribution in [-0.2, 0) is 4.79 Å². The lowest BCUT2D eigenvalue weighted by atomic mass is 10.3. The van der Waals surface area contributed by atoms with E-state index >= 15 is 0 Å². The monoisotopic (exact) mass is 372 g/mol. The number of hydrogen-bond acceptors (Lipinski definition) is 5. The van der Waals surface area contributed by atoms with Crippen LogP contribution in [0.1, 0.15) is 18.9 Å². The Morgan fingerprint density at radius 3 is 2.54 bits per heavy atom. The van der Waals surface area contributed by atoms with Gasteiger partial charge in [-0.2, -0.15) is 0 Å². The second-order valence-electron chi connectivity index (χ2n) is 5.48. The Bertz CT molecular complexity index is 884. The molecule has 1 amide bonds. The summed E-state index contributed by atoms with van der Waals surface area (Å²) in [5.74, 6) is 0.413. The Hall–Kier alpha value is -2.87. The summed E-state index contributed by atoms with van der Waals surface area (Å²) in [6.45, 7) is 1.83. The molecule has 0 aliphatic carbocycles. The molecule has 0 bridgehead atoms. The minimum Gasteiger partial charge on any atom is -0.483 e. The predicted octanol–water partition coefficient (Wildman–Crippen LogP) is 3.12. The quantitative estimate of drug-likeness (QED) is 0.644. The van der Waals surface area contributed by atoms with Gasteiger partial charge < -0.3 is 10.5 Å². The first kappa shape index (κ1) is 17.9. The molecule has 1 unspecified atom stereocenters. The van der Waals surface area contributed by atoms with Gasteiger partial charge in [-0.3, -0.25) is 9.36 Å². The smallest absolute Gasteiger partial charge is 0.227 e. The van der Waals surface area contributed by atoms with Crippen LogP contribution in [-0.4, -0.2) is 26.4 Å². The SMILES string of the molecule is CC(Oc1ccc(F)cc1)c1nnc(SCC(N)=O)n1-c1ccccc1. The van der Waals surface area contributed by atoms with Crippen LogP contribution >= 0.6 is 11.8 Å². The highest BCUT2D eigenvalue weighted by Crippen LogP contribution is 2.27. The van der Waals surface area contributed by atoms with Crippen molar-refractivity contribution in [3.63, 3.8) is 0 Å². The number of carbonyl (C=O) groups is 1. The molecular weight excluding hydrogens is 355 g/mol. The summed E-state index contributed by atoms with van der Waals surface area (Å²) < 4.78 is 20.8. The summed E-state index contributed by atoms with van der Waals surface area (Å²) >= 11 is 1.21. The Morgan fingerprint density at radius 2 is 1.88 bits per heavy atom. The minimum atomic E-state index is -0.448. The minimum absolute atomic E-state index is 0.0954. The van der Waals surface area contributed by atoms with Crippen molar-refractivity contribution in [2.45, 2.75) is 18.2 Å². The van der Waals surface area contributed by atoms with Crippen LogP contribution in [0.15, 0.2) is 59.8 Å². The molecule has 3 aromatic rings. The number of carbonyl (C=O) groups excluding carboxylic acids is 1. The second-order valence-corrected chi connectivity index (χ2v) is 6.42. The number of aromatic nitrogens is 3. The maximum absolute atomic E-state index is 13.1. The molecule has 0 radical (unpaired) electrons. The first-order valence-corrected chi connectivity index (χ1v) is 8.87. The van der Waals surface area contributed by atoms with Crippen molar-refractivity contribution in [1.82, 2.24) is 14.8 Å². The maximum atomic E-state index is 13.1. The maximum Gasteiger partial charge on any atom is 0.227 e. The second kappa shape index (κ2) is 8.01. The number of rotatable bonds is 7. The number of benzene rings is 2. The molecule has 0 saturated carbocycles. The van der Waals surface area contributed by atoms with Crippen molar-refractivity contribution >= 4 is 17.7 Å². The standard InChI is InChI=1S/C18H17FN4O2S/c1-12(25-15-9-7-13(19)8-10-15)17-21-22-18(26-11-16(20)24)23(17)14-5-3-2-4-6-14/h2-10,12H,11H2,1H3,(H2,20,24). The summed E-state index contributed by atoms with van der Waals surface area (Å²) in [6.07, 6.45) is -0.448. The average molecular weight is 372 g/mol. The molecule has 2 N–H and O–H groups in total. The molecule has 0 fully saturated rings. The third-order valence-electron chi connectivity index (χ3n) is 3.51. The zero-order chi connectivity index (χ0) is 18.5. The van der Waals surface area contributed by atoms with E-state index in [-0.39, 0.29) is 11.6 Å². The number of nitrogens with zero attached hydrogens (tertiary/aromatic N) is 3. The fourth-order valence-electron chi connectivity index (χ4n) is 2.36. The lowest BCUT2D eigenvalue weighted by Crippen LogP contribution is -2.14. The van der Waals surface area contributed by atoms with E-state index in [2.05, 4.69) is 10.2 Å². The lowest BCUT2D eigenvalue weighted by molar-refractivity contribution is -0.115. The van der Waals surface area contributed by atoms with Gasteiger partial charge in [-0.1, -0.05) is 30.0 Å². The topological polar surface area (TPSA) is 83.0 Å². The van der Waals surface area contributed by atoms with Gasteiger partial charge in [0.15, 0.2) is 17.1 Å². The molecule has 0 spiro atoms. The van der Waals surface area contributed by atoms with Crippen LogP contribution in [0.5, 0.6) is 5.75 Å². The number of para-hydroxylation sites is 1. The van der Waals surface area contributed by atoms with E-state index in [1.165, 1.54) is 23.9 Å². The van der Waals surface area contributed by atoms with Crippen molar-refractivity contribution in [3.05, 3.63) is 66.2 Å². The summed E-state index contributed by atoms with van der Waals surface area (Å²) in [6, 6.07) is 15.3. The summed E-state index contributed by atoms with van der Waals surface area (Å²) in [7, 11) is 0. The van der Waals surface area contributed by atoms with Crippen molar-refractivity contribution < 1.29 is 13.9 Å². The molecule has 6 nitrogen and oxygen atoms in total. The third kappa shape index (κ3) is 4.20. The average Bonchev–Trinajstić information content (AvgIpc) is 3.06. The number of amides is 1. The summed E-state index contributed by atoms with van der Waals surface area (Å²) in [5, 5.41) is 8.94. The highest BCUT2D eigenvalue weighted by Gasteiger charge is 2.21. The third-order valence-corrected chi connectivity index (χ3v) is 4.46. The van der Waals surface area contributed by atoms with Gasteiger partial charge in [0, 0.05) is 5.69 Å². The first-order chi connectivity index (χ1) is 12.5. The Balaban J connectivity index is 1.92. The lowest BCUT2D eigenvalue weighted by Gasteiger charge is -2.16. The van der Waals surface area contributed by atoms with Crippen LogP contribution < -0.4 is 10.5 Å². The molecule has 0 saturated heterocycles. The number of nitrogens with two attached hydrogens (primary N) is 1. The van der Waals surface area contributed by atoms with E-state index in [0.717, 1.165) is 5.69 Å². The molecule has 134 valence electrons. The van der Waals surface area contributed by atoms with Crippen molar-refractivity contribution in [2.24, 2.45) is 5.73 Å². The molecule has 1 aromatic heterocycles. The number of thioether (sulfide) groups is 1. The van der Waals surface area contributed by atoms with Gasteiger partial charge in [0.05, 0.1) is 5.75 Å². The van der Waals surface area contributed by atoms with Crippen LogP contribution in [0.3, 0.4) is 0 Å². The number of hydrogen-bond donors (Lipinski definition) is 1. The molecule has 2 aromatic carbocycles. The predicted molar refractivity (Wildman–Crippen MR) is 96.7 cm³/mol. The van der Waals surface area contributed by atoms with Gasteiger partial charge in [-0.25, -0.2) is 4.39 Å². The summed E-state index contributed by atoms with van der Waals surface area (Å²) in [4.78, 5) is 11.1. The van der Waals surface area contributed by atoms with E-state index < -0.39 is 12.0 Å². The van der Waals surface area contributed by atoms with Gasteiger partial charge in [0.1, 0.15) is 11.6 Å². The number of halogens is 1. The van der Waals surface area contributed by atoms with Gasteiger partial charge in [-0.05, 0) is 43.3 Å². The van der Waals surface area contributed by atoms with E-state index in [1.807, 2.05) is 41.8 Å². The van der Waals surface area contributed by atoms with Crippen molar-refractivity contribution in [3.8, 4) is 11.4 Å². The van der Waals surface area contributed by atoms with Crippen molar-refractivity contribution in [2.75, 3.05) is 5.75 Å². The van der Waals surface area contributed by atoms with E-state index in [1.54, 1.807) is 12.1 Å². The molecule has 8 heteroatoms. The highest BCUT2D eigenvalue weighted by molar-refractivity contribution is 7.99. The molecule has 1 heterocycles. The molecular formula is C18H17FN4O2S. The molecule has 26 heavy (non-hydrogen) atoms. The normalized spacial score (nSPS) is 11.9.